The van der Waals surface area contributed by atoms with Crippen LogP contribution in [0.25, 0.3) is 45.3 Å². The zero-order valence-corrected chi connectivity index (χ0v) is 35.8. The largest absolute Gasteiger partial charge is 0.208 e. The summed E-state index contributed by atoms with van der Waals surface area (Å²) in [4.78, 5) is 23.5. The van der Waals surface area contributed by atoms with Crippen molar-refractivity contribution in [3.8, 4) is 45.3 Å². The van der Waals surface area contributed by atoms with Gasteiger partial charge in [0.15, 0.2) is 17.5 Å². The number of fused-ring (bicyclic) bond motifs is 9. The number of hydrogen-bond acceptors (Lipinski definition) is 4. The van der Waals surface area contributed by atoms with Crippen molar-refractivity contribution in [3.63, 3.8) is 0 Å². The second kappa shape index (κ2) is 15.2. The fourth-order valence-corrected chi connectivity index (χ4v) is 15.1. The molecule has 0 unspecified atom stereocenters. The lowest BCUT2D eigenvalue weighted by atomic mass is 9.67. The summed E-state index contributed by atoms with van der Waals surface area (Å²) in [6.07, 6.45) is 0. The molecule has 63 heavy (non-hydrogen) atoms. The van der Waals surface area contributed by atoms with E-state index in [9.17, 15) is 0 Å². The van der Waals surface area contributed by atoms with Crippen molar-refractivity contribution in [2.24, 2.45) is 0 Å². The van der Waals surface area contributed by atoms with Crippen LogP contribution in [0, 0.1) is 0 Å². The van der Waals surface area contributed by atoms with Crippen LogP contribution in [0.4, 0.5) is 0 Å². The molecule has 0 saturated carbocycles. The summed E-state index contributed by atoms with van der Waals surface area (Å²) in [6.45, 7) is 0. The SMILES string of the molecule is c1ccc(-c2nc(-c3ccccc3)nc(-c3cc(S(c4ccccc4)(c4ccccc4)c4ccccc4)cc4c3Sc3ccccc3C43c4ccccc4-c4ccccc43)n2)cc1. The Morgan fingerprint density at radius 1 is 0.317 bits per heavy atom. The van der Waals surface area contributed by atoms with Crippen LogP contribution in [0.2, 0.25) is 0 Å². The molecule has 9 aromatic carbocycles. The van der Waals surface area contributed by atoms with E-state index in [-0.39, 0.29) is 0 Å². The standard InChI is InChI=1S/C58H39N3S2/c1-6-22-40(23-7-1)55-59-56(41-24-8-2-9-25-41)61-57(60-55)48-38-45(63(42-26-10-3-11-27-42,43-28-12-4-13-29-43)44-30-14-5-15-31-44)39-52-54(48)62-53-37-21-20-36-51(53)58(52)49-34-18-16-32-46(49)47-33-17-19-35-50(47)58/h1-39H. The van der Waals surface area contributed by atoms with Gasteiger partial charge < -0.3 is 0 Å². The van der Waals surface area contributed by atoms with Gasteiger partial charge >= 0.3 is 0 Å². The van der Waals surface area contributed by atoms with Crippen molar-refractivity contribution in [2.45, 2.75) is 34.8 Å². The second-order valence-electron chi connectivity index (χ2n) is 15.9. The van der Waals surface area contributed by atoms with Gasteiger partial charge in [0.1, 0.15) is 0 Å². The van der Waals surface area contributed by atoms with Gasteiger partial charge in [-0.05, 0) is 88.0 Å². The Bertz CT molecular complexity index is 3100. The molecule has 1 aromatic heterocycles. The van der Waals surface area contributed by atoms with E-state index in [1.165, 1.54) is 57.9 Å². The molecule has 0 radical (unpaired) electrons. The van der Waals surface area contributed by atoms with Gasteiger partial charge in [0.05, 0.1) is 5.41 Å². The van der Waals surface area contributed by atoms with E-state index in [0.29, 0.717) is 17.5 Å². The molecule has 1 aliphatic heterocycles. The molecule has 0 fully saturated rings. The first-order valence-electron chi connectivity index (χ1n) is 21.3. The molecular weight excluding hydrogens is 803 g/mol. The molecule has 1 aliphatic carbocycles. The summed E-state index contributed by atoms with van der Waals surface area (Å²) in [5.74, 6) is 1.92. The average Bonchev–Trinajstić information content (AvgIpc) is 3.66. The van der Waals surface area contributed by atoms with E-state index in [0.717, 1.165) is 21.6 Å². The first-order valence-corrected chi connectivity index (χ1v) is 23.7. The third-order valence-electron chi connectivity index (χ3n) is 12.5. The summed E-state index contributed by atoms with van der Waals surface area (Å²) in [5, 5.41) is 0. The lowest BCUT2D eigenvalue weighted by molar-refractivity contribution is 0.719. The third kappa shape index (κ3) is 5.81. The lowest BCUT2D eigenvalue weighted by Crippen LogP contribution is -2.32. The van der Waals surface area contributed by atoms with Crippen LogP contribution in [-0.2, 0) is 5.41 Å². The minimum atomic E-state index is -2.16. The summed E-state index contributed by atoms with van der Waals surface area (Å²) in [5.41, 5.74) is 9.84. The summed E-state index contributed by atoms with van der Waals surface area (Å²) in [7, 11) is -2.16. The van der Waals surface area contributed by atoms with Gasteiger partial charge in [-0.2, -0.15) is 0 Å². The number of nitrogens with zero attached hydrogens (tertiary/aromatic N) is 3. The summed E-state index contributed by atoms with van der Waals surface area (Å²) < 4.78 is 0. The smallest absolute Gasteiger partial charge is 0.165 e. The van der Waals surface area contributed by atoms with E-state index in [1.807, 2.05) is 48.2 Å². The molecule has 1 spiro atoms. The first kappa shape index (κ1) is 37.5. The number of hydrogen-bond donors (Lipinski definition) is 0. The van der Waals surface area contributed by atoms with Gasteiger partial charge in [0, 0.05) is 46.1 Å². The first-order chi connectivity index (χ1) is 31.2. The van der Waals surface area contributed by atoms with E-state index < -0.39 is 15.4 Å². The lowest BCUT2D eigenvalue weighted by Gasteiger charge is -2.45. The van der Waals surface area contributed by atoms with Crippen LogP contribution in [0.1, 0.15) is 22.3 Å². The van der Waals surface area contributed by atoms with Crippen LogP contribution in [-0.4, -0.2) is 15.0 Å². The summed E-state index contributed by atoms with van der Waals surface area (Å²) >= 11 is 1.83. The molecular formula is C58H39N3S2. The number of rotatable bonds is 7. The van der Waals surface area contributed by atoms with Gasteiger partial charge in [0.2, 0.25) is 0 Å². The van der Waals surface area contributed by atoms with Crippen molar-refractivity contribution in [1.29, 1.82) is 0 Å². The van der Waals surface area contributed by atoms with Crippen LogP contribution in [0.15, 0.2) is 266 Å². The molecule has 12 rings (SSSR count). The van der Waals surface area contributed by atoms with Gasteiger partial charge in [-0.25, -0.2) is 15.0 Å². The van der Waals surface area contributed by atoms with Crippen LogP contribution >= 0.6 is 21.8 Å². The summed E-state index contributed by atoms with van der Waals surface area (Å²) in [6, 6.07) is 86.1. The third-order valence-corrected chi connectivity index (χ3v) is 17.6. The van der Waals surface area contributed by atoms with E-state index in [2.05, 4.69) is 200 Å². The highest BCUT2D eigenvalue weighted by atomic mass is 32.3. The Labute approximate surface area is 373 Å². The average molecular weight is 842 g/mol. The van der Waals surface area contributed by atoms with Crippen LogP contribution in [0.3, 0.4) is 0 Å². The molecule has 3 nitrogen and oxygen atoms in total. The highest BCUT2D eigenvalue weighted by Crippen LogP contribution is 2.75. The van der Waals surface area contributed by atoms with Crippen molar-refractivity contribution in [1.82, 2.24) is 15.0 Å². The highest BCUT2D eigenvalue weighted by molar-refractivity contribution is 8.34. The Morgan fingerprint density at radius 2 is 0.714 bits per heavy atom. The molecule has 5 heteroatoms. The van der Waals surface area contributed by atoms with E-state index >= 15 is 0 Å². The molecule has 0 saturated heterocycles. The minimum absolute atomic E-state index is 0.637. The molecule has 0 amide bonds. The van der Waals surface area contributed by atoms with Crippen molar-refractivity contribution in [3.05, 3.63) is 259 Å². The topological polar surface area (TPSA) is 38.7 Å². The quantitative estimate of drug-likeness (QED) is 0.160. The monoisotopic (exact) mass is 841 g/mol. The maximum atomic E-state index is 5.48. The fourth-order valence-electron chi connectivity index (χ4n) is 9.89. The van der Waals surface area contributed by atoms with Crippen LogP contribution < -0.4 is 0 Å². The second-order valence-corrected chi connectivity index (χ2v) is 20.0. The molecule has 0 N–H and O–H groups in total. The molecule has 0 bridgehead atoms. The predicted molar refractivity (Wildman–Crippen MR) is 258 cm³/mol. The van der Waals surface area contributed by atoms with Crippen molar-refractivity contribution < 1.29 is 0 Å². The number of benzene rings is 9. The Morgan fingerprint density at radius 3 is 1.21 bits per heavy atom. The normalized spacial score (nSPS) is 13.4. The van der Waals surface area contributed by atoms with Gasteiger partial charge in [-0.15, -0.1) is 10.0 Å². The number of aromatic nitrogens is 3. The Hall–Kier alpha value is -7.31. The van der Waals surface area contributed by atoms with E-state index in [1.54, 1.807) is 0 Å². The fraction of sp³-hybridized carbons (Fsp3) is 0.0172. The maximum Gasteiger partial charge on any atom is 0.165 e. The minimum Gasteiger partial charge on any atom is -0.208 e. The highest BCUT2D eigenvalue weighted by Gasteiger charge is 2.51. The van der Waals surface area contributed by atoms with Gasteiger partial charge in [-0.3, -0.25) is 0 Å². The molecule has 2 aliphatic rings. The Balaban J connectivity index is 1.28. The maximum absolute atomic E-state index is 5.48. The predicted octanol–water partition coefficient (Wildman–Crippen LogP) is 15.0. The zero-order valence-electron chi connectivity index (χ0n) is 34.2. The molecule has 10 aromatic rings. The molecule has 0 atom stereocenters. The van der Waals surface area contributed by atoms with Crippen LogP contribution in [0.5, 0.6) is 0 Å². The van der Waals surface area contributed by atoms with Gasteiger partial charge in [-0.1, -0.05) is 194 Å². The van der Waals surface area contributed by atoms with E-state index in [4.69, 9.17) is 15.0 Å². The van der Waals surface area contributed by atoms with Gasteiger partial charge in [0.25, 0.3) is 0 Å². The van der Waals surface area contributed by atoms with Crippen molar-refractivity contribution >= 4 is 21.8 Å². The zero-order chi connectivity index (χ0) is 41.8. The van der Waals surface area contributed by atoms with Crippen molar-refractivity contribution in [2.75, 3.05) is 0 Å². The Kier molecular flexibility index (Phi) is 9.06. The molecule has 298 valence electrons. The molecule has 2 heterocycles.